The van der Waals surface area contributed by atoms with Gasteiger partial charge in [0.25, 0.3) is 0 Å². The van der Waals surface area contributed by atoms with E-state index >= 15 is 0 Å². The fourth-order valence-electron chi connectivity index (χ4n) is 0.676. The Labute approximate surface area is 63.5 Å². The van der Waals surface area contributed by atoms with Crippen molar-refractivity contribution in [3.8, 4) is 0 Å². The summed E-state index contributed by atoms with van der Waals surface area (Å²) in [5.41, 5.74) is 0. The third-order valence-electron chi connectivity index (χ3n) is 1.25. The van der Waals surface area contributed by atoms with E-state index in [0.717, 1.165) is 19.6 Å². The smallest absolute Gasteiger partial charge is 0.154 e. The Bertz CT molecular complexity index is 64.3. The van der Waals surface area contributed by atoms with Gasteiger partial charge in [-0.15, -0.1) is 0 Å². The van der Waals surface area contributed by atoms with Crippen molar-refractivity contribution >= 4 is 0 Å². The molecule has 2 heteroatoms. The van der Waals surface area contributed by atoms with Crippen molar-refractivity contribution in [1.82, 2.24) is 0 Å². The summed E-state index contributed by atoms with van der Waals surface area (Å²) < 4.78 is 10.5. The van der Waals surface area contributed by atoms with Crippen molar-refractivity contribution in [3.63, 3.8) is 0 Å². The van der Waals surface area contributed by atoms with Gasteiger partial charge in [-0.05, 0) is 20.3 Å². The average Bonchev–Trinajstić information content (AvgIpc) is 1.89. The lowest BCUT2D eigenvalue weighted by Gasteiger charge is -2.11. The molecule has 0 N–H and O–H groups in total. The molecule has 0 radical (unpaired) electrons. The standard InChI is InChI=1S/C8H18O2/c1-4-6-7-10-8(3)9-5-2/h8H,4-7H2,1-3H3. The Balaban J connectivity index is 2.97. The molecule has 0 aromatic rings. The van der Waals surface area contributed by atoms with Crippen LogP contribution in [0.2, 0.25) is 0 Å². The molecule has 0 amide bonds. The zero-order valence-corrected chi connectivity index (χ0v) is 7.22. The first-order chi connectivity index (χ1) is 4.81. The summed E-state index contributed by atoms with van der Waals surface area (Å²) in [6.07, 6.45) is 2.27. The molecule has 2 nitrogen and oxygen atoms in total. The molecule has 0 saturated heterocycles. The molecule has 0 aromatic carbocycles. The van der Waals surface area contributed by atoms with Gasteiger partial charge in [0, 0.05) is 13.2 Å². The number of hydrogen-bond donors (Lipinski definition) is 0. The highest BCUT2D eigenvalue weighted by Crippen LogP contribution is 1.95. The monoisotopic (exact) mass is 146 g/mol. The maximum Gasteiger partial charge on any atom is 0.154 e. The summed E-state index contributed by atoms with van der Waals surface area (Å²) in [6.45, 7) is 7.60. The lowest BCUT2D eigenvalue weighted by molar-refractivity contribution is -0.127. The lowest BCUT2D eigenvalue weighted by Crippen LogP contribution is -2.13. The largest absolute Gasteiger partial charge is 0.353 e. The minimum Gasteiger partial charge on any atom is -0.353 e. The average molecular weight is 146 g/mol. The fourth-order valence-corrected chi connectivity index (χ4v) is 0.676. The molecule has 1 atom stereocenters. The van der Waals surface area contributed by atoms with Crippen LogP contribution in [-0.2, 0) is 9.47 Å². The van der Waals surface area contributed by atoms with E-state index in [0.29, 0.717) is 0 Å². The van der Waals surface area contributed by atoms with Crippen LogP contribution < -0.4 is 0 Å². The highest BCUT2D eigenvalue weighted by molar-refractivity contribution is 4.34. The summed E-state index contributed by atoms with van der Waals surface area (Å²) in [7, 11) is 0. The summed E-state index contributed by atoms with van der Waals surface area (Å²) in [4.78, 5) is 0. The fraction of sp³-hybridized carbons (Fsp3) is 1.00. The molecule has 0 rings (SSSR count). The minimum atomic E-state index is -0.0310. The van der Waals surface area contributed by atoms with Crippen molar-refractivity contribution in [2.45, 2.75) is 39.9 Å². The Hall–Kier alpha value is -0.0800. The third-order valence-corrected chi connectivity index (χ3v) is 1.25. The third kappa shape index (κ3) is 6.05. The maximum atomic E-state index is 5.30. The number of unbranched alkanes of at least 4 members (excludes halogenated alkanes) is 1. The van der Waals surface area contributed by atoms with Gasteiger partial charge in [0.15, 0.2) is 6.29 Å². The molecule has 1 unspecified atom stereocenters. The first-order valence-electron chi connectivity index (χ1n) is 4.04. The Morgan fingerprint density at radius 1 is 1.20 bits per heavy atom. The zero-order chi connectivity index (χ0) is 7.82. The number of ether oxygens (including phenoxy) is 2. The molecular formula is C8H18O2. The van der Waals surface area contributed by atoms with Gasteiger partial charge in [-0.25, -0.2) is 0 Å². The molecule has 0 heterocycles. The van der Waals surface area contributed by atoms with Crippen molar-refractivity contribution < 1.29 is 9.47 Å². The van der Waals surface area contributed by atoms with E-state index in [2.05, 4.69) is 6.92 Å². The molecule has 0 aliphatic heterocycles. The quantitative estimate of drug-likeness (QED) is 0.422. The van der Waals surface area contributed by atoms with Crippen molar-refractivity contribution in [2.75, 3.05) is 13.2 Å². The minimum absolute atomic E-state index is 0.0310. The van der Waals surface area contributed by atoms with Gasteiger partial charge in [0.1, 0.15) is 0 Å². The van der Waals surface area contributed by atoms with Gasteiger partial charge in [0.2, 0.25) is 0 Å². The van der Waals surface area contributed by atoms with Crippen LogP contribution in [0.1, 0.15) is 33.6 Å². The van der Waals surface area contributed by atoms with Crippen LogP contribution in [-0.4, -0.2) is 19.5 Å². The van der Waals surface area contributed by atoms with Crippen molar-refractivity contribution in [2.24, 2.45) is 0 Å². The molecule has 0 bridgehead atoms. The van der Waals surface area contributed by atoms with Gasteiger partial charge in [0.05, 0.1) is 0 Å². The van der Waals surface area contributed by atoms with Gasteiger partial charge >= 0.3 is 0 Å². The second-order valence-corrected chi connectivity index (χ2v) is 2.25. The maximum absolute atomic E-state index is 5.30. The predicted octanol–water partition coefficient (Wildman–Crippen LogP) is 2.19. The van der Waals surface area contributed by atoms with Crippen LogP contribution in [0.15, 0.2) is 0 Å². The normalized spacial score (nSPS) is 13.5. The molecule has 62 valence electrons. The summed E-state index contributed by atoms with van der Waals surface area (Å²) in [5, 5.41) is 0. The van der Waals surface area contributed by atoms with Crippen LogP contribution >= 0.6 is 0 Å². The van der Waals surface area contributed by atoms with Crippen LogP contribution in [0.25, 0.3) is 0 Å². The van der Waals surface area contributed by atoms with E-state index in [4.69, 9.17) is 9.47 Å². The molecule has 0 aliphatic rings. The summed E-state index contributed by atoms with van der Waals surface area (Å²) in [5.74, 6) is 0. The molecule has 0 aromatic heterocycles. The van der Waals surface area contributed by atoms with E-state index in [1.165, 1.54) is 6.42 Å². The van der Waals surface area contributed by atoms with Crippen molar-refractivity contribution in [1.29, 1.82) is 0 Å². The van der Waals surface area contributed by atoms with Gasteiger partial charge in [-0.2, -0.15) is 0 Å². The van der Waals surface area contributed by atoms with E-state index < -0.39 is 0 Å². The summed E-state index contributed by atoms with van der Waals surface area (Å²) in [6, 6.07) is 0. The highest BCUT2D eigenvalue weighted by Gasteiger charge is 1.97. The summed E-state index contributed by atoms with van der Waals surface area (Å²) >= 11 is 0. The second kappa shape index (κ2) is 7.03. The number of rotatable bonds is 6. The molecule has 0 aliphatic carbocycles. The van der Waals surface area contributed by atoms with E-state index in [9.17, 15) is 0 Å². The molecule has 10 heavy (non-hydrogen) atoms. The van der Waals surface area contributed by atoms with Crippen molar-refractivity contribution in [3.05, 3.63) is 0 Å². The predicted molar refractivity (Wildman–Crippen MR) is 41.9 cm³/mol. The van der Waals surface area contributed by atoms with Crippen LogP contribution in [0.5, 0.6) is 0 Å². The second-order valence-electron chi connectivity index (χ2n) is 2.25. The van der Waals surface area contributed by atoms with Crippen LogP contribution in [0.3, 0.4) is 0 Å². The van der Waals surface area contributed by atoms with E-state index in [-0.39, 0.29) is 6.29 Å². The number of hydrogen-bond acceptors (Lipinski definition) is 2. The topological polar surface area (TPSA) is 18.5 Å². The molecule has 0 spiro atoms. The van der Waals surface area contributed by atoms with Crippen LogP contribution in [0, 0.1) is 0 Å². The Morgan fingerprint density at radius 2 is 1.90 bits per heavy atom. The lowest BCUT2D eigenvalue weighted by atomic mass is 10.4. The molecule has 0 saturated carbocycles. The van der Waals surface area contributed by atoms with E-state index in [1.807, 2.05) is 13.8 Å². The molecular weight excluding hydrogens is 128 g/mol. The van der Waals surface area contributed by atoms with Gasteiger partial charge in [-0.1, -0.05) is 13.3 Å². The Kier molecular flexibility index (Phi) is 6.98. The highest BCUT2D eigenvalue weighted by atomic mass is 16.7. The molecule has 0 fully saturated rings. The zero-order valence-electron chi connectivity index (χ0n) is 7.22. The Morgan fingerprint density at radius 3 is 2.40 bits per heavy atom. The van der Waals surface area contributed by atoms with E-state index in [1.54, 1.807) is 0 Å². The van der Waals surface area contributed by atoms with Crippen LogP contribution in [0.4, 0.5) is 0 Å². The van der Waals surface area contributed by atoms with Gasteiger partial charge < -0.3 is 9.47 Å². The first kappa shape index (κ1) is 9.92. The first-order valence-corrected chi connectivity index (χ1v) is 4.04. The van der Waals surface area contributed by atoms with Gasteiger partial charge in [-0.3, -0.25) is 0 Å². The SMILES string of the molecule is CCCCOC(C)OCC.